The van der Waals surface area contributed by atoms with E-state index in [2.05, 4.69) is 0 Å². The van der Waals surface area contributed by atoms with E-state index in [1.165, 1.54) is 6.07 Å². The van der Waals surface area contributed by atoms with Crippen molar-refractivity contribution < 1.29 is 8.76 Å². The molecule has 0 radical (unpaired) electrons. The van der Waals surface area contributed by atoms with E-state index < -0.39 is 11.1 Å². The van der Waals surface area contributed by atoms with Gasteiger partial charge in [0.2, 0.25) is 0 Å². The van der Waals surface area contributed by atoms with Gasteiger partial charge in [0.25, 0.3) is 0 Å². The van der Waals surface area contributed by atoms with Gasteiger partial charge in [0.1, 0.15) is 0 Å². The molecule has 0 bridgehead atoms. The number of nitrogen functional groups attached to an aromatic ring is 1. The summed E-state index contributed by atoms with van der Waals surface area (Å²) < 4.78 is 19.5. The van der Waals surface area contributed by atoms with Gasteiger partial charge in [-0.25, -0.2) is 4.21 Å². The summed E-state index contributed by atoms with van der Waals surface area (Å²) in [6.45, 7) is 0.215. The van der Waals surface area contributed by atoms with Crippen LogP contribution >= 0.6 is 0 Å². The Labute approximate surface area is 72.9 Å². The Bertz CT molecular complexity index is 314. The molecule has 4 nitrogen and oxygen atoms in total. The van der Waals surface area contributed by atoms with Crippen LogP contribution in [0.3, 0.4) is 0 Å². The van der Waals surface area contributed by atoms with Crippen molar-refractivity contribution in [3.05, 3.63) is 23.8 Å². The summed E-state index contributed by atoms with van der Waals surface area (Å²) in [5.74, 6) is 0. The van der Waals surface area contributed by atoms with Crippen LogP contribution in [0, 0.1) is 0 Å². The molecule has 0 amide bonds. The van der Waals surface area contributed by atoms with E-state index in [9.17, 15) is 4.21 Å². The summed E-state index contributed by atoms with van der Waals surface area (Å²) in [6.07, 6.45) is 0. The second-order valence-electron chi connectivity index (χ2n) is 2.32. The first-order valence-corrected chi connectivity index (χ1v) is 4.45. The molecule has 0 heterocycles. The molecule has 0 aromatic heterocycles. The molecule has 0 saturated heterocycles. The van der Waals surface area contributed by atoms with Crippen molar-refractivity contribution >= 4 is 16.8 Å². The van der Waals surface area contributed by atoms with E-state index in [1.54, 1.807) is 12.1 Å². The fourth-order valence-corrected chi connectivity index (χ4v) is 1.48. The van der Waals surface area contributed by atoms with E-state index in [4.69, 9.17) is 16.0 Å². The van der Waals surface area contributed by atoms with Crippen molar-refractivity contribution in [3.8, 4) is 0 Å². The Kier molecular flexibility index (Phi) is 2.80. The van der Waals surface area contributed by atoms with E-state index in [0.29, 0.717) is 16.1 Å². The lowest BCUT2D eigenvalue weighted by Crippen LogP contribution is -2.03. The van der Waals surface area contributed by atoms with Crippen LogP contribution in [0.25, 0.3) is 0 Å². The monoisotopic (exact) mass is 186 g/mol. The van der Waals surface area contributed by atoms with Gasteiger partial charge in [-0.05, 0) is 23.8 Å². The maximum Gasteiger partial charge on any atom is 0.186 e. The van der Waals surface area contributed by atoms with Crippen molar-refractivity contribution in [1.29, 1.82) is 0 Å². The number of nitrogens with two attached hydrogens (primary N) is 2. The highest BCUT2D eigenvalue weighted by molar-refractivity contribution is 7.79. The molecule has 0 aliphatic carbocycles. The molecule has 1 aromatic rings. The van der Waals surface area contributed by atoms with Crippen molar-refractivity contribution in [1.82, 2.24) is 0 Å². The second-order valence-corrected chi connectivity index (χ2v) is 3.26. The molecule has 0 saturated carbocycles. The van der Waals surface area contributed by atoms with Crippen molar-refractivity contribution in [2.45, 2.75) is 11.4 Å². The summed E-state index contributed by atoms with van der Waals surface area (Å²) in [7, 11) is 0. The zero-order valence-electron chi connectivity index (χ0n) is 6.36. The highest BCUT2D eigenvalue weighted by Crippen LogP contribution is 2.15. The first-order valence-electron chi connectivity index (χ1n) is 3.34. The summed E-state index contributed by atoms with van der Waals surface area (Å²) in [5.41, 5.74) is 12.0. The molecule has 0 aliphatic heterocycles. The Morgan fingerprint density at radius 3 is 2.67 bits per heavy atom. The van der Waals surface area contributed by atoms with E-state index >= 15 is 0 Å². The second kappa shape index (κ2) is 3.66. The number of rotatable bonds is 2. The van der Waals surface area contributed by atoms with Crippen molar-refractivity contribution in [3.63, 3.8) is 0 Å². The van der Waals surface area contributed by atoms with Gasteiger partial charge in [-0.15, -0.1) is 0 Å². The standard InChI is InChI=1S/C7H10N2O2S/c8-4-5-3-6(9)1-2-7(5)12(10)11/h1-3H,4,8-9H2,(H,10,11). The summed E-state index contributed by atoms with van der Waals surface area (Å²) in [6, 6.07) is 4.68. The smallest absolute Gasteiger partial charge is 0.186 e. The molecule has 5 N–H and O–H groups in total. The van der Waals surface area contributed by atoms with Gasteiger partial charge >= 0.3 is 0 Å². The van der Waals surface area contributed by atoms with Crippen LogP contribution < -0.4 is 11.5 Å². The zero-order chi connectivity index (χ0) is 9.14. The van der Waals surface area contributed by atoms with Crippen LogP contribution in [0.15, 0.2) is 23.1 Å². The SMILES string of the molecule is NCc1cc(N)ccc1S(=O)O. The van der Waals surface area contributed by atoms with Gasteiger partial charge < -0.3 is 16.0 Å². The van der Waals surface area contributed by atoms with Gasteiger partial charge in [-0.1, -0.05) is 0 Å². The molecule has 0 spiro atoms. The summed E-state index contributed by atoms with van der Waals surface area (Å²) in [4.78, 5) is 0.326. The molecule has 0 fully saturated rings. The predicted molar refractivity (Wildman–Crippen MR) is 47.8 cm³/mol. The lowest BCUT2D eigenvalue weighted by atomic mass is 10.2. The number of benzene rings is 1. The van der Waals surface area contributed by atoms with Gasteiger partial charge in [0.05, 0.1) is 4.90 Å². The topological polar surface area (TPSA) is 89.3 Å². The fraction of sp³-hybridized carbons (Fsp3) is 0.143. The lowest BCUT2D eigenvalue weighted by molar-refractivity contribution is 0.563. The quantitative estimate of drug-likeness (QED) is 0.458. The van der Waals surface area contributed by atoms with Crippen molar-refractivity contribution in [2.24, 2.45) is 5.73 Å². The Morgan fingerprint density at radius 2 is 2.17 bits per heavy atom. The minimum Gasteiger partial charge on any atom is -0.399 e. The van der Waals surface area contributed by atoms with Gasteiger partial charge in [-0.3, -0.25) is 0 Å². The molecule has 1 aromatic carbocycles. The third-order valence-corrected chi connectivity index (χ3v) is 2.27. The molecule has 66 valence electrons. The molecular weight excluding hydrogens is 176 g/mol. The van der Waals surface area contributed by atoms with Crippen molar-refractivity contribution in [2.75, 3.05) is 5.73 Å². The minimum atomic E-state index is -1.98. The largest absolute Gasteiger partial charge is 0.399 e. The highest BCUT2D eigenvalue weighted by atomic mass is 32.2. The third kappa shape index (κ3) is 1.82. The molecule has 5 heteroatoms. The molecule has 1 atom stereocenters. The van der Waals surface area contributed by atoms with Crippen LogP contribution in [0.5, 0.6) is 0 Å². The normalized spacial score (nSPS) is 12.8. The summed E-state index contributed by atoms with van der Waals surface area (Å²) in [5, 5.41) is 0. The number of hydrogen-bond donors (Lipinski definition) is 3. The van der Waals surface area contributed by atoms with Crippen LogP contribution in [0.4, 0.5) is 5.69 Å². The van der Waals surface area contributed by atoms with E-state index in [-0.39, 0.29) is 6.54 Å². The van der Waals surface area contributed by atoms with Crippen LogP contribution in [0.2, 0.25) is 0 Å². The zero-order valence-corrected chi connectivity index (χ0v) is 7.17. The average molecular weight is 186 g/mol. The highest BCUT2D eigenvalue weighted by Gasteiger charge is 2.05. The predicted octanol–water partition coefficient (Wildman–Crippen LogP) is 0.308. The maximum absolute atomic E-state index is 10.7. The van der Waals surface area contributed by atoms with E-state index in [0.717, 1.165) is 0 Å². The lowest BCUT2D eigenvalue weighted by Gasteiger charge is -2.03. The van der Waals surface area contributed by atoms with Crippen LogP contribution in [0.1, 0.15) is 5.56 Å². The van der Waals surface area contributed by atoms with Gasteiger partial charge in [0.15, 0.2) is 11.1 Å². The molecule has 1 unspecified atom stereocenters. The minimum absolute atomic E-state index is 0.215. The van der Waals surface area contributed by atoms with Gasteiger partial charge in [0, 0.05) is 12.2 Å². The fourth-order valence-electron chi connectivity index (χ4n) is 0.929. The Morgan fingerprint density at radius 1 is 1.50 bits per heavy atom. The Hall–Kier alpha value is -0.910. The van der Waals surface area contributed by atoms with Crippen LogP contribution in [-0.2, 0) is 17.6 Å². The summed E-state index contributed by atoms with van der Waals surface area (Å²) >= 11 is -1.98. The first kappa shape index (κ1) is 9.18. The molecule has 0 aliphatic rings. The third-order valence-electron chi connectivity index (χ3n) is 1.49. The van der Waals surface area contributed by atoms with E-state index in [1.807, 2.05) is 0 Å². The number of hydrogen-bond acceptors (Lipinski definition) is 3. The average Bonchev–Trinajstić information content (AvgIpc) is 2.03. The molecule has 12 heavy (non-hydrogen) atoms. The van der Waals surface area contributed by atoms with Gasteiger partial charge in [-0.2, -0.15) is 0 Å². The first-order chi connectivity index (χ1) is 5.65. The van der Waals surface area contributed by atoms with Crippen LogP contribution in [-0.4, -0.2) is 8.76 Å². The Balaban J connectivity index is 3.20. The molecule has 1 rings (SSSR count). The molecular formula is C7H10N2O2S. The maximum atomic E-state index is 10.7. The number of anilines is 1.